The molecule has 0 amide bonds. The van der Waals surface area contributed by atoms with Gasteiger partial charge < -0.3 is 4.98 Å². The van der Waals surface area contributed by atoms with Crippen molar-refractivity contribution in [2.75, 3.05) is 4.72 Å². The quantitative estimate of drug-likeness (QED) is 0.589. The Labute approximate surface area is 154 Å². The maximum Gasteiger partial charge on any atom is 0.419 e. The summed E-state index contributed by atoms with van der Waals surface area (Å²) in [6.07, 6.45) is -2.89. The zero-order valence-electron chi connectivity index (χ0n) is 13.6. The first kappa shape index (κ1) is 19.8. The number of hydrogen-bond donors (Lipinski definition) is 2. The molecule has 4 nitrogen and oxygen atoms in total. The van der Waals surface area contributed by atoms with E-state index >= 15 is 0 Å². The highest BCUT2D eigenvalue weighted by molar-refractivity contribution is 7.92. The Hall–Kier alpha value is -2.95. The van der Waals surface area contributed by atoms with Crippen molar-refractivity contribution in [1.82, 2.24) is 4.98 Å². The highest BCUT2D eigenvalue weighted by Gasteiger charge is 2.35. The van der Waals surface area contributed by atoms with E-state index in [1.165, 1.54) is 18.3 Å². The third kappa shape index (κ3) is 3.84. The lowest BCUT2D eigenvalue weighted by molar-refractivity contribution is -0.140. The van der Waals surface area contributed by atoms with Crippen LogP contribution in [-0.4, -0.2) is 13.4 Å². The lowest BCUT2D eigenvalue weighted by Crippen LogP contribution is -2.16. The normalized spacial score (nSPS) is 12.2. The van der Waals surface area contributed by atoms with E-state index in [0.717, 1.165) is 18.3 Å². The lowest BCUT2D eigenvalue weighted by atomic mass is 10.1. The Balaban J connectivity index is 2.01. The van der Waals surface area contributed by atoms with Gasteiger partial charge in [-0.2, -0.15) is 13.2 Å². The Morgan fingerprint density at radius 2 is 1.64 bits per heavy atom. The fourth-order valence-corrected chi connectivity index (χ4v) is 3.74. The highest BCUT2D eigenvalue weighted by atomic mass is 32.2. The van der Waals surface area contributed by atoms with E-state index in [0.29, 0.717) is 0 Å². The number of H-pyrrole nitrogens is 1. The average Bonchev–Trinajstić information content (AvgIpc) is 3.07. The van der Waals surface area contributed by atoms with Gasteiger partial charge in [-0.15, -0.1) is 0 Å². The zero-order chi connectivity index (χ0) is 20.7. The molecule has 1 aromatic heterocycles. The van der Waals surface area contributed by atoms with Crippen molar-refractivity contribution in [3.8, 4) is 11.1 Å². The van der Waals surface area contributed by atoms with Gasteiger partial charge in [0.25, 0.3) is 10.0 Å². The second-order valence-corrected chi connectivity index (χ2v) is 7.31. The number of rotatable bonds is 4. The minimum Gasteiger partial charge on any atom is -0.366 e. The number of nitrogens with one attached hydrogen (secondary N) is 2. The molecule has 2 aromatic carbocycles. The molecule has 0 saturated carbocycles. The van der Waals surface area contributed by atoms with E-state index in [-0.39, 0.29) is 23.3 Å². The van der Waals surface area contributed by atoms with Gasteiger partial charge in [0.05, 0.1) is 11.3 Å². The molecule has 0 unspecified atom stereocenters. The molecule has 0 fully saturated rings. The standard InChI is InChI=1S/C17H10F6N2O2S/c18-10-3-1-2-9(4-10)11-7-24-8-16(11)28(26,27)25-15-6-13(19)12(5-14(15)20)17(21,22)23/h1-8,24-25H. The Morgan fingerprint density at radius 1 is 0.929 bits per heavy atom. The summed E-state index contributed by atoms with van der Waals surface area (Å²) in [7, 11) is -4.54. The van der Waals surface area contributed by atoms with Gasteiger partial charge in [-0.1, -0.05) is 12.1 Å². The van der Waals surface area contributed by atoms with Crippen molar-refractivity contribution in [3.63, 3.8) is 0 Å². The summed E-state index contributed by atoms with van der Waals surface area (Å²) in [5, 5.41) is 0. The molecule has 148 valence electrons. The maximum atomic E-state index is 14.0. The predicted octanol–water partition coefficient (Wildman–Crippen LogP) is 4.92. The third-order valence-electron chi connectivity index (χ3n) is 3.74. The number of sulfonamides is 1. The molecule has 0 bridgehead atoms. The van der Waals surface area contributed by atoms with E-state index in [1.54, 1.807) is 4.72 Å². The number of benzene rings is 2. The van der Waals surface area contributed by atoms with Crippen LogP contribution >= 0.6 is 0 Å². The Kier molecular flexibility index (Phi) is 4.88. The van der Waals surface area contributed by atoms with Crippen LogP contribution in [-0.2, 0) is 16.2 Å². The fourth-order valence-electron chi connectivity index (χ4n) is 2.50. The second kappa shape index (κ2) is 6.89. The van der Waals surface area contributed by atoms with Gasteiger partial charge >= 0.3 is 6.18 Å². The van der Waals surface area contributed by atoms with E-state index in [9.17, 15) is 34.8 Å². The van der Waals surface area contributed by atoms with Crippen LogP contribution in [0.5, 0.6) is 0 Å². The summed E-state index contributed by atoms with van der Waals surface area (Å²) in [6.45, 7) is 0. The Morgan fingerprint density at radius 3 is 2.29 bits per heavy atom. The Bertz CT molecular complexity index is 1140. The number of hydrogen-bond acceptors (Lipinski definition) is 2. The summed E-state index contributed by atoms with van der Waals surface area (Å²) in [5.74, 6) is -4.09. The minimum absolute atomic E-state index is 0.0276. The van der Waals surface area contributed by atoms with Crippen LogP contribution in [0.3, 0.4) is 0 Å². The summed E-state index contributed by atoms with van der Waals surface area (Å²) < 4.78 is 106. The number of anilines is 1. The van der Waals surface area contributed by atoms with Crippen LogP contribution < -0.4 is 4.72 Å². The zero-order valence-corrected chi connectivity index (χ0v) is 14.4. The number of aromatic nitrogens is 1. The molecule has 0 saturated heterocycles. The molecule has 11 heteroatoms. The van der Waals surface area contributed by atoms with Gasteiger partial charge in [-0.05, 0) is 23.8 Å². The number of halogens is 6. The lowest BCUT2D eigenvalue weighted by Gasteiger charge is -2.13. The first-order chi connectivity index (χ1) is 13.0. The van der Waals surface area contributed by atoms with Crippen molar-refractivity contribution in [2.45, 2.75) is 11.1 Å². The van der Waals surface area contributed by atoms with Crippen molar-refractivity contribution in [3.05, 3.63) is 71.8 Å². The first-order valence-corrected chi connectivity index (χ1v) is 8.99. The topological polar surface area (TPSA) is 62.0 Å². The molecule has 0 atom stereocenters. The van der Waals surface area contributed by atoms with Crippen LogP contribution in [0.1, 0.15) is 5.56 Å². The van der Waals surface area contributed by atoms with Crippen LogP contribution in [0.15, 0.2) is 53.7 Å². The molecule has 0 aliphatic heterocycles. The van der Waals surface area contributed by atoms with E-state index in [4.69, 9.17) is 0 Å². The molecule has 0 aliphatic carbocycles. The van der Waals surface area contributed by atoms with Crippen LogP contribution in [0, 0.1) is 17.5 Å². The van der Waals surface area contributed by atoms with Crippen molar-refractivity contribution < 1.29 is 34.8 Å². The third-order valence-corrected chi connectivity index (χ3v) is 5.14. The fraction of sp³-hybridized carbons (Fsp3) is 0.0588. The molecule has 0 spiro atoms. The molecule has 28 heavy (non-hydrogen) atoms. The molecular weight excluding hydrogens is 410 g/mol. The molecule has 2 N–H and O–H groups in total. The van der Waals surface area contributed by atoms with Gasteiger partial charge in [-0.3, -0.25) is 4.72 Å². The van der Waals surface area contributed by atoms with E-state index in [1.807, 2.05) is 0 Å². The number of aromatic amines is 1. The van der Waals surface area contributed by atoms with Gasteiger partial charge in [0, 0.05) is 24.0 Å². The summed E-state index contributed by atoms with van der Waals surface area (Å²) in [6, 6.07) is 4.92. The number of alkyl halides is 3. The van der Waals surface area contributed by atoms with Crippen LogP contribution in [0.25, 0.3) is 11.1 Å². The van der Waals surface area contributed by atoms with Crippen LogP contribution in [0.4, 0.5) is 32.0 Å². The predicted molar refractivity (Wildman–Crippen MR) is 88.4 cm³/mol. The minimum atomic E-state index is -5.15. The van der Waals surface area contributed by atoms with Gasteiger partial charge in [0.15, 0.2) is 0 Å². The van der Waals surface area contributed by atoms with E-state index < -0.39 is 49.8 Å². The van der Waals surface area contributed by atoms with Crippen molar-refractivity contribution in [1.29, 1.82) is 0 Å². The molecule has 0 aliphatic rings. The summed E-state index contributed by atoms with van der Waals surface area (Å²) in [5.41, 5.74) is -2.66. The van der Waals surface area contributed by atoms with Gasteiger partial charge in [0.1, 0.15) is 22.3 Å². The SMILES string of the molecule is O=S(=O)(Nc1cc(F)c(C(F)(F)F)cc1F)c1c[nH]cc1-c1cccc(F)c1. The average molecular weight is 420 g/mol. The second-order valence-electron chi connectivity index (χ2n) is 5.66. The van der Waals surface area contributed by atoms with Crippen LogP contribution in [0.2, 0.25) is 0 Å². The molecule has 3 aromatic rings. The first-order valence-electron chi connectivity index (χ1n) is 7.51. The summed E-state index contributed by atoms with van der Waals surface area (Å²) >= 11 is 0. The molecule has 0 radical (unpaired) electrons. The summed E-state index contributed by atoms with van der Waals surface area (Å²) in [4.78, 5) is 2.07. The molecule has 3 rings (SSSR count). The van der Waals surface area contributed by atoms with E-state index in [2.05, 4.69) is 4.98 Å². The largest absolute Gasteiger partial charge is 0.419 e. The van der Waals surface area contributed by atoms with Gasteiger partial charge in [0.2, 0.25) is 0 Å². The smallest absolute Gasteiger partial charge is 0.366 e. The van der Waals surface area contributed by atoms with Crippen molar-refractivity contribution in [2.24, 2.45) is 0 Å². The van der Waals surface area contributed by atoms with Crippen molar-refractivity contribution >= 4 is 15.7 Å². The monoisotopic (exact) mass is 420 g/mol. The molecular formula is C17H10F6N2O2S. The van der Waals surface area contributed by atoms with Gasteiger partial charge in [-0.25, -0.2) is 21.6 Å². The molecule has 1 heterocycles. The highest BCUT2D eigenvalue weighted by Crippen LogP contribution is 2.35. The maximum absolute atomic E-state index is 14.0.